The molecule has 1 fully saturated rings. The third-order valence-corrected chi connectivity index (χ3v) is 7.91. The van der Waals surface area contributed by atoms with Crippen LogP contribution >= 0.6 is 0 Å². The molecule has 226 valence electrons. The summed E-state index contributed by atoms with van der Waals surface area (Å²) in [5.41, 5.74) is 2.92. The zero-order valence-electron chi connectivity index (χ0n) is 25.1. The largest absolute Gasteiger partial charge is 0.465 e. The highest BCUT2D eigenvalue weighted by Gasteiger charge is 2.33. The number of nitrogens with zero attached hydrogens (tertiary/aromatic N) is 8. The SMILES string of the molecule is Cc1nnn(C(c2ccccc2)C2CCN(C(=O)c3cc(-c4nc5cc(N(C(=O)O)C(C)(C)C)ccc5o4)ccn3)CC2)n1. The maximum absolute atomic E-state index is 13.6. The van der Waals surface area contributed by atoms with Crippen molar-refractivity contribution in [2.75, 3.05) is 18.0 Å². The Morgan fingerprint density at radius 2 is 1.80 bits per heavy atom. The van der Waals surface area contributed by atoms with Crippen LogP contribution in [0.1, 0.15) is 61.5 Å². The number of piperidine rings is 1. The smallest absolute Gasteiger partial charge is 0.412 e. The number of hydrogen-bond donors (Lipinski definition) is 1. The molecule has 2 amide bonds. The summed E-state index contributed by atoms with van der Waals surface area (Å²) in [6.45, 7) is 8.46. The van der Waals surface area contributed by atoms with E-state index in [0.29, 0.717) is 52.8 Å². The Hall–Kier alpha value is -5.13. The molecule has 6 rings (SSSR count). The Kier molecular flexibility index (Phi) is 7.58. The van der Waals surface area contributed by atoms with Gasteiger partial charge >= 0.3 is 6.09 Å². The zero-order chi connectivity index (χ0) is 31.0. The third-order valence-electron chi connectivity index (χ3n) is 7.91. The molecular formula is C32H34N8O4. The second-order valence-electron chi connectivity index (χ2n) is 12.0. The number of oxazole rings is 1. The molecular weight excluding hydrogens is 560 g/mol. The number of tetrazole rings is 1. The topological polar surface area (TPSA) is 143 Å². The fourth-order valence-corrected chi connectivity index (χ4v) is 5.88. The van der Waals surface area contributed by atoms with Crippen LogP contribution in [0.25, 0.3) is 22.6 Å². The van der Waals surface area contributed by atoms with Gasteiger partial charge in [-0.05, 0) is 87.6 Å². The average Bonchev–Trinajstić information content (AvgIpc) is 3.63. The number of hydrogen-bond acceptors (Lipinski definition) is 8. The Labute approximate surface area is 254 Å². The van der Waals surface area contributed by atoms with Crippen molar-refractivity contribution in [3.63, 3.8) is 0 Å². The van der Waals surface area contributed by atoms with E-state index in [-0.39, 0.29) is 17.9 Å². The molecule has 1 unspecified atom stereocenters. The number of fused-ring (bicyclic) bond motifs is 1. The molecule has 0 spiro atoms. The van der Waals surface area contributed by atoms with Crippen molar-refractivity contribution >= 4 is 28.8 Å². The highest BCUT2D eigenvalue weighted by atomic mass is 16.4. The molecule has 0 aliphatic carbocycles. The van der Waals surface area contributed by atoms with Crippen LogP contribution in [0.15, 0.2) is 71.3 Å². The zero-order valence-corrected chi connectivity index (χ0v) is 25.1. The summed E-state index contributed by atoms with van der Waals surface area (Å²) in [5, 5.41) is 22.7. The summed E-state index contributed by atoms with van der Waals surface area (Å²) in [7, 11) is 0. The van der Waals surface area contributed by atoms with Gasteiger partial charge in [-0.3, -0.25) is 14.7 Å². The summed E-state index contributed by atoms with van der Waals surface area (Å²) >= 11 is 0. The molecule has 1 saturated heterocycles. The van der Waals surface area contributed by atoms with Crippen molar-refractivity contribution in [3.8, 4) is 11.5 Å². The van der Waals surface area contributed by atoms with Gasteiger partial charge in [0.15, 0.2) is 11.4 Å². The molecule has 3 aromatic heterocycles. The Morgan fingerprint density at radius 3 is 2.45 bits per heavy atom. The van der Waals surface area contributed by atoms with Crippen LogP contribution in [0.2, 0.25) is 0 Å². The van der Waals surface area contributed by atoms with Crippen LogP contribution in [0, 0.1) is 12.8 Å². The van der Waals surface area contributed by atoms with Crippen LogP contribution in [0.5, 0.6) is 0 Å². The predicted molar refractivity (Wildman–Crippen MR) is 163 cm³/mol. The maximum Gasteiger partial charge on any atom is 0.412 e. The lowest BCUT2D eigenvalue weighted by Gasteiger charge is -2.35. The number of amides is 2. The van der Waals surface area contributed by atoms with Gasteiger partial charge in [0, 0.05) is 30.4 Å². The van der Waals surface area contributed by atoms with Gasteiger partial charge < -0.3 is 14.4 Å². The first-order valence-electron chi connectivity index (χ1n) is 14.6. The molecule has 12 heteroatoms. The lowest BCUT2D eigenvalue weighted by molar-refractivity contribution is 0.0658. The van der Waals surface area contributed by atoms with Crippen LogP contribution in [-0.4, -0.2) is 70.8 Å². The first-order chi connectivity index (χ1) is 21.1. The lowest BCUT2D eigenvalue weighted by Crippen LogP contribution is -2.45. The van der Waals surface area contributed by atoms with E-state index in [9.17, 15) is 14.7 Å². The minimum atomic E-state index is -1.05. The lowest BCUT2D eigenvalue weighted by atomic mass is 9.85. The highest BCUT2D eigenvalue weighted by molar-refractivity contribution is 5.94. The molecule has 0 saturated carbocycles. The first-order valence-corrected chi connectivity index (χ1v) is 14.6. The van der Waals surface area contributed by atoms with Gasteiger partial charge in [0.2, 0.25) is 5.89 Å². The molecule has 4 heterocycles. The number of likely N-dealkylation sites (tertiary alicyclic amines) is 1. The standard InChI is InChI=1S/C32H34N8O4/c1-20-35-37-40(36-20)28(21-8-6-5-7-9-21)22-13-16-38(17-14-22)30(41)26-18-23(12-15-33-26)29-34-25-19-24(10-11-27(25)44-29)39(31(42)43)32(2,3)4/h5-12,15,18-19,22,28H,13-14,16-17H2,1-4H3,(H,42,43). The first kappa shape index (κ1) is 29.0. The van der Waals surface area contributed by atoms with Crippen LogP contribution < -0.4 is 4.90 Å². The number of rotatable bonds is 6. The second-order valence-corrected chi connectivity index (χ2v) is 12.0. The fraction of sp³-hybridized carbons (Fsp3) is 0.344. The predicted octanol–water partition coefficient (Wildman–Crippen LogP) is 5.61. The molecule has 1 aliphatic rings. The Bertz CT molecular complexity index is 1800. The monoisotopic (exact) mass is 594 g/mol. The molecule has 0 bridgehead atoms. The van der Waals surface area contributed by atoms with Crippen molar-refractivity contribution in [3.05, 3.63) is 83.9 Å². The number of carboxylic acid groups (broad SMARTS) is 1. The van der Waals surface area contributed by atoms with Gasteiger partial charge in [-0.15, -0.1) is 10.2 Å². The molecule has 0 radical (unpaired) electrons. The molecule has 5 aromatic rings. The van der Waals surface area contributed by atoms with E-state index in [1.807, 2.05) is 50.8 Å². The molecule has 12 nitrogen and oxygen atoms in total. The van der Waals surface area contributed by atoms with E-state index >= 15 is 0 Å². The highest BCUT2D eigenvalue weighted by Crippen LogP contribution is 2.34. The summed E-state index contributed by atoms with van der Waals surface area (Å²) in [4.78, 5) is 39.3. The van der Waals surface area contributed by atoms with Gasteiger partial charge in [0.05, 0.1) is 5.69 Å². The summed E-state index contributed by atoms with van der Waals surface area (Å²) < 4.78 is 5.99. The van der Waals surface area contributed by atoms with Crippen molar-refractivity contribution < 1.29 is 19.1 Å². The van der Waals surface area contributed by atoms with E-state index < -0.39 is 11.6 Å². The van der Waals surface area contributed by atoms with Gasteiger partial charge in [-0.25, -0.2) is 9.78 Å². The molecule has 1 aliphatic heterocycles. The van der Waals surface area contributed by atoms with E-state index in [1.165, 1.54) is 4.90 Å². The second kappa shape index (κ2) is 11.5. The number of anilines is 1. The molecule has 1 N–H and O–H groups in total. The summed E-state index contributed by atoms with van der Waals surface area (Å²) in [6, 6.07) is 18.6. The molecule has 44 heavy (non-hydrogen) atoms. The maximum atomic E-state index is 13.6. The van der Waals surface area contributed by atoms with Crippen molar-refractivity contribution in [2.24, 2.45) is 5.92 Å². The van der Waals surface area contributed by atoms with E-state index in [4.69, 9.17) is 4.42 Å². The number of pyridine rings is 1. The Balaban J connectivity index is 1.19. The van der Waals surface area contributed by atoms with Gasteiger partial charge in [0.1, 0.15) is 17.3 Å². The van der Waals surface area contributed by atoms with Gasteiger partial charge in [0.25, 0.3) is 5.91 Å². The number of carbonyl (C=O) groups is 2. The van der Waals surface area contributed by atoms with E-state index in [1.54, 1.807) is 41.3 Å². The van der Waals surface area contributed by atoms with Crippen molar-refractivity contribution in [1.29, 1.82) is 0 Å². The third kappa shape index (κ3) is 5.75. The van der Waals surface area contributed by atoms with Crippen LogP contribution in [0.3, 0.4) is 0 Å². The number of carbonyl (C=O) groups excluding carboxylic acids is 1. The van der Waals surface area contributed by atoms with Crippen LogP contribution in [0.4, 0.5) is 10.5 Å². The number of benzene rings is 2. The van der Waals surface area contributed by atoms with Crippen molar-refractivity contribution in [2.45, 2.75) is 52.1 Å². The van der Waals surface area contributed by atoms with Crippen LogP contribution in [-0.2, 0) is 0 Å². The van der Waals surface area contributed by atoms with E-state index in [0.717, 1.165) is 18.4 Å². The Morgan fingerprint density at radius 1 is 1.05 bits per heavy atom. The minimum absolute atomic E-state index is 0.0678. The van der Waals surface area contributed by atoms with Gasteiger partial charge in [-0.1, -0.05) is 30.3 Å². The number of aryl methyl sites for hydroxylation is 1. The van der Waals surface area contributed by atoms with Gasteiger partial charge in [-0.2, -0.15) is 4.80 Å². The summed E-state index contributed by atoms with van der Waals surface area (Å²) in [6.07, 6.45) is 2.08. The fourth-order valence-electron chi connectivity index (χ4n) is 5.88. The van der Waals surface area contributed by atoms with Crippen molar-refractivity contribution in [1.82, 2.24) is 35.1 Å². The quantitative estimate of drug-likeness (QED) is 0.265. The van der Waals surface area contributed by atoms with E-state index in [2.05, 4.69) is 37.5 Å². The molecule has 2 aromatic carbocycles. The number of aromatic nitrogens is 6. The summed E-state index contributed by atoms with van der Waals surface area (Å²) in [5.74, 6) is 1.02. The minimum Gasteiger partial charge on any atom is -0.465 e. The normalized spacial score (nSPS) is 15.0. The average molecular weight is 595 g/mol. The molecule has 1 atom stereocenters.